The van der Waals surface area contributed by atoms with Gasteiger partial charge in [-0.05, 0) is 56.4 Å². The SMILES string of the molecule is Cc1ccc(-c2cc(C(C)(C)C)cc(CNC(C)(C)C)c2O)c(C(F)(F)F)c1.Cl. The number of aromatic hydroxyl groups is 1. The van der Waals surface area contributed by atoms with Crippen LogP contribution in [0.3, 0.4) is 0 Å². The predicted molar refractivity (Wildman–Crippen MR) is 116 cm³/mol. The van der Waals surface area contributed by atoms with E-state index in [1.807, 2.05) is 47.6 Å². The molecule has 2 aromatic rings. The van der Waals surface area contributed by atoms with Crippen molar-refractivity contribution >= 4 is 12.4 Å². The molecule has 0 fully saturated rings. The normalized spacial score (nSPS) is 12.6. The minimum Gasteiger partial charge on any atom is -0.507 e. The van der Waals surface area contributed by atoms with Crippen LogP contribution in [0.25, 0.3) is 11.1 Å². The van der Waals surface area contributed by atoms with Crippen molar-refractivity contribution < 1.29 is 18.3 Å². The molecule has 29 heavy (non-hydrogen) atoms. The Labute approximate surface area is 177 Å². The average molecular weight is 430 g/mol. The molecule has 0 aliphatic carbocycles. The Kier molecular flexibility index (Phi) is 7.48. The first-order valence-electron chi connectivity index (χ1n) is 9.39. The van der Waals surface area contributed by atoms with Gasteiger partial charge in [-0.3, -0.25) is 0 Å². The lowest BCUT2D eigenvalue weighted by Gasteiger charge is -2.26. The van der Waals surface area contributed by atoms with E-state index in [1.54, 1.807) is 19.1 Å². The van der Waals surface area contributed by atoms with E-state index in [-0.39, 0.29) is 40.2 Å². The van der Waals surface area contributed by atoms with Crippen LogP contribution in [0.5, 0.6) is 5.75 Å². The number of rotatable bonds is 3. The van der Waals surface area contributed by atoms with E-state index in [9.17, 15) is 18.3 Å². The van der Waals surface area contributed by atoms with E-state index < -0.39 is 11.7 Å². The first-order valence-corrected chi connectivity index (χ1v) is 9.39. The maximum absolute atomic E-state index is 13.7. The summed E-state index contributed by atoms with van der Waals surface area (Å²) in [5, 5.41) is 14.2. The highest BCUT2D eigenvalue weighted by molar-refractivity contribution is 5.85. The van der Waals surface area contributed by atoms with Crippen LogP contribution >= 0.6 is 12.4 Å². The van der Waals surface area contributed by atoms with Crippen LogP contribution in [-0.2, 0) is 18.1 Å². The van der Waals surface area contributed by atoms with E-state index >= 15 is 0 Å². The predicted octanol–water partition coefficient (Wildman–Crippen LogP) is 6.99. The molecule has 0 aliphatic rings. The molecule has 2 N–H and O–H groups in total. The Balaban J connectivity index is 0.00000420. The van der Waals surface area contributed by atoms with Crippen LogP contribution in [0.4, 0.5) is 13.2 Å². The van der Waals surface area contributed by atoms with Gasteiger partial charge < -0.3 is 10.4 Å². The second kappa shape index (κ2) is 8.57. The zero-order valence-corrected chi connectivity index (χ0v) is 18.9. The molecular weight excluding hydrogens is 399 g/mol. The monoisotopic (exact) mass is 429 g/mol. The fourth-order valence-corrected chi connectivity index (χ4v) is 2.96. The number of benzene rings is 2. The van der Waals surface area contributed by atoms with E-state index in [0.717, 1.165) is 11.6 Å². The number of phenols is 1. The largest absolute Gasteiger partial charge is 0.507 e. The molecule has 0 saturated carbocycles. The number of hydrogen-bond donors (Lipinski definition) is 2. The number of aryl methyl sites for hydroxylation is 1. The molecule has 0 spiro atoms. The van der Waals surface area contributed by atoms with Crippen molar-refractivity contribution in [1.29, 1.82) is 0 Å². The summed E-state index contributed by atoms with van der Waals surface area (Å²) in [7, 11) is 0. The molecule has 162 valence electrons. The third-order valence-corrected chi connectivity index (χ3v) is 4.63. The summed E-state index contributed by atoms with van der Waals surface area (Å²) in [5.41, 5.74) is 1.00. The van der Waals surface area contributed by atoms with E-state index in [2.05, 4.69) is 5.32 Å². The third kappa shape index (κ3) is 6.38. The fraction of sp³-hybridized carbons (Fsp3) is 0.478. The molecule has 2 rings (SSSR count). The van der Waals surface area contributed by atoms with Crippen LogP contribution in [0.1, 0.15) is 63.8 Å². The first kappa shape index (κ1) is 25.3. The van der Waals surface area contributed by atoms with E-state index in [1.165, 1.54) is 6.07 Å². The van der Waals surface area contributed by atoms with E-state index in [0.29, 0.717) is 17.7 Å². The Hall–Kier alpha value is -1.72. The summed E-state index contributed by atoms with van der Waals surface area (Å²) < 4.78 is 41.1. The van der Waals surface area contributed by atoms with Crippen LogP contribution < -0.4 is 5.32 Å². The van der Waals surface area contributed by atoms with Gasteiger partial charge in [0.15, 0.2) is 0 Å². The average Bonchev–Trinajstić information content (AvgIpc) is 2.51. The molecule has 0 bridgehead atoms. The Morgan fingerprint density at radius 2 is 1.48 bits per heavy atom. The number of alkyl halides is 3. The van der Waals surface area contributed by atoms with Crippen molar-refractivity contribution in [2.75, 3.05) is 0 Å². The van der Waals surface area contributed by atoms with Crippen LogP contribution in [0, 0.1) is 6.92 Å². The highest BCUT2D eigenvalue weighted by atomic mass is 35.5. The molecule has 0 amide bonds. The Bertz CT molecular complexity index is 862. The molecule has 0 unspecified atom stereocenters. The van der Waals surface area contributed by atoms with E-state index in [4.69, 9.17) is 0 Å². The van der Waals surface area contributed by atoms with Crippen molar-refractivity contribution in [1.82, 2.24) is 5.32 Å². The Morgan fingerprint density at radius 3 is 1.97 bits per heavy atom. The smallest absolute Gasteiger partial charge is 0.417 e. The van der Waals surface area contributed by atoms with Crippen molar-refractivity contribution in [2.24, 2.45) is 0 Å². The summed E-state index contributed by atoms with van der Waals surface area (Å²) in [6.07, 6.45) is -4.50. The second-order valence-electron chi connectivity index (χ2n) is 9.43. The van der Waals surface area contributed by atoms with Crippen molar-refractivity contribution in [3.05, 3.63) is 52.6 Å². The van der Waals surface area contributed by atoms with Crippen molar-refractivity contribution in [3.8, 4) is 16.9 Å². The number of phenolic OH excluding ortho intramolecular Hbond substituents is 1. The van der Waals surface area contributed by atoms with Crippen LogP contribution in [0.2, 0.25) is 0 Å². The van der Waals surface area contributed by atoms with Gasteiger partial charge in [0, 0.05) is 23.2 Å². The van der Waals surface area contributed by atoms with Crippen molar-refractivity contribution in [3.63, 3.8) is 0 Å². The summed E-state index contributed by atoms with van der Waals surface area (Å²) >= 11 is 0. The van der Waals surface area contributed by atoms with Gasteiger partial charge in [-0.25, -0.2) is 0 Å². The maximum atomic E-state index is 13.7. The lowest BCUT2D eigenvalue weighted by atomic mass is 9.83. The molecule has 0 atom stereocenters. The molecule has 0 aromatic heterocycles. The molecular formula is C23H31ClF3NO. The second-order valence-corrected chi connectivity index (χ2v) is 9.43. The zero-order chi connectivity index (χ0) is 21.5. The highest BCUT2D eigenvalue weighted by Gasteiger charge is 2.35. The lowest BCUT2D eigenvalue weighted by molar-refractivity contribution is -0.137. The Morgan fingerprint density at radius 1 is 0.897 bits per heavy atom. The third-order valence-electron chi connectivity index (χ3n) is 4.63. The van der Waals surface area contributed by atoms with Gasteiger partial charge >= 0.3 is 6.18 Å². The van der Waals surface area contributed by atoms with Gasteiger partial charge in [-0.2, -0.15) is 13.2 Å². The quantitative estimate of drug-likeness (QED) is 0.550. The summed E-state index contributed by atoms with van der Waals surface area (Å²) in [6, 6.07) is 7.77. The minimum atomic E-state index is -4.50. The number of hydrogen-bond acceptors (Lipinski definition) is 2. The molecule has 2 nitrogen and oxygen atoms in total. The van der Waals surface area contributed by atoms with Gasteiger partial charge in [-0.15, -0.1) is 12.4 Å². The lowest BCUT2D eigenvalue weighted by Crippen LogP contribution is -2.35. The maximum Gasteiger partial charge on any atom is 0.417 e. The molecule has 0 aliphatic heterocycles. The molecule has 2 aromatic carbocycles. The number of halogens is 4. The number of nitrogens with one attached hydrogen (secondary N) is 1. The topological polar surface area (TPSA) is 32.3 Å². The highest BCUT2D eigenvalue weighted by Crippen LogP contribution is 2.43. The van der Waals surface area contributed by atoms with Gasteiger partial charge in [-0.1, -0.05) is 44.5 Å². The molecule has 0 heterocycles. The molecule has 6 heteroatoms. The van der Waals surface area contributed by atoms with Gasteiger partial charge in [0.25, 0.3) is 0 Å². The fourth-order valence-electron chi connectivity index (χ4n) is 2.96. The first-order chi connectivity index (χ1) is 12.6. The minimum absolute atomic E-state index is 0. The molecule has 0 radical (unpaired) electrons. The van der Waals surface area contributed by atoms with Crippen LogP contribution in [-0.4, -0.2) is 10.6 Å². The summed E-state index contributed by atoms with van der Waals surface area (Å²) in [6.45, 7) is 14.0. The van der Waals surface area contributed by atoms with Crippen LogP contribution in [0.15, 0.2) is 30.3 Å². The summed E-state index contributed by atoms with van der Waals surface area (Å²) in [5.74, 6) is -0.112. The zero-order valence-electron chi connectivity index (χ0n) is 18.1. The van der Waals surface area contributed by atoms with Crippen molar-refractivity contribution in [2.45, 2.75) is 72.1 Å². The molecule has 0 saturated heterocycles. The summed E-state index contributed by atoms with van der Waals surface area (Å²) in [4.78, 5) is 0. The van der Waals surface area contributed by atoms with Gasteiger partial charge in [0.2, 0.25) is 0 Å². The van der Waals surface area contributed by atoms with Gasteiger partial charge in [0.1, 0.15) is 5.75 Å². The van der Waals surface area contributed by atoms with Gasteiger partial charge in [0.05, 0.1) is 5.56 Å². The standard InChI is InChI=1S/C23H30F3NO.ClH/c1-14-8-9-17(19(10-14)23(24,25)26)18-12-16(21(2,3)4)11-15(20(18)28)13-27-22(5,6)7;/h8-12,27-28H,13H2,1-7H3;1H.